The van der Waals surface area contributed by atoms with Gasteiger partial charge in [-0.15, -0.1) is 0 Å². The molecular weight excluding hydrogens is 316 g/mol. The number of rotatable bonds is 7. The fraction of sp³-hybridized carbons (Fsp3) is 0.350. The minimum atomic E-state index is -0.903. The van der Waals surface area contributed by atoms with Crippen LogP contribution in [0.5, 0.6) is 0 Å². The van der Waals surface area contributed by atoms with Crippen molar-refractivity contribution in [3.63, 3.8) is 0 Å². The molecule has 2 aromatic carbocycles. The highest BCUT2D eigenvalue weighted by Gasteiger charge is 2.41. The van der Waals surface area contributed by atoms with Crippen LogP contribution in [0.1, 0.15) is 18.9 Å². The number of nitrogens with one attached hydrogen (secondary N) is 1. The van der Waals surface area contributed by atoms with E-state index in [9.17, 15) is 4.79 Å². The minimum Gasteiger partial charge on any atom is -0.508 e. The average Bonchev–Trinajstić information content (AvgIpc) is 3.12. The predicted molar refractivity (Wildman–Crippen MR) is 93.4 cm³/mol. The van der Waals surface area contributed by atoms with Crippen LogP contribution in [-0.2, 0) is 20.1 Å². The van der Waals surface area contributed by atoms with Crippen molar-refractivity contribution in [3.05, 3.63) is 65.7 Å². The molecule has 0 amide bonds. The molecule has 1 N–H and O–H groups in total. The van der Waals surface area contributed by atoms with Gasteiger partial charge >= 0.3 is 0 Å². The molecule has 1 fully saturated rings. The molecular formula is C20H22N2O3. The highest BCUT2D eigenvalue weighted by atomic mass is 16.7. The molecule has 1 heterocycles. The second-order valence-electron chi connectivity index (χ2n) is 6.30. The average molecular weight is 338 g/mol. The number of nitrogens with zero attached hydrogens (tertiary/aromatic N) is 1. The highest BCUT2D eigenvalue weighted by Crippen LogP contribution is 2.38. The summed E-state index contributed by atoms with van der Waals surface area (Å²) >= 11 is 0. The Kier molecular flexibility index (Phi) is 5.36. The number of Topliss-reactive ketones (excluding diaryl/α,β-unsaturated/α-hetero) is 1. The fourth-order valence-electron chi connectivity index (χ4n) is 3.17. The molecule has 0 aromatic heterocycles. The molecule has 0 radical (unpaired) electrons. The van der Waals surface area contributed by atoms with E-state index < -0.39 is 5.79 Å². The first-order valence-corrected chi connectivity index (χ1v) is 8.48. The first-order chi connectivity index (χ1) is 12.1. The third-order valence-corrected chi connectivity index (χ3v) is 4.56. The normalized spacial score (nSPS) is 17.2. The van der Waals surface area contributed by atoms with Crippen LogP contribution in [0.25, 0.3) is 16.7 Å². The first-order valence-electron chi connectivity index (χ1n) is 8.48. The molecule has 0 saturated carbocycles. The summed E-state index contributed by atoms with van der Waals surface area (Å²) in [7, 11) is 0. The van der Waals surface area contributed by atoms with Crippen molar-refractivity contribution >= 4 is 5.78 Å². The summed E-state index contributed by atoms with van der Waals surface area (Å²) in [6.45, 7) is 2.74. The monoisotopic (exact) mass is 338 g/mol. The second kappa shape index (κ2) is 7.68. The van der Waals surface area contributed by atoms with Crippen molar-refractivity contribution < 1.29 is 19.4 Å². The molecule has 1 aliphatic rings. The summed E-state index contributed by atoms with van der Waals surface area (Å²) in [5, 5.41) is 1.92. The lowest BCUT2D eigenvalue weighted by Gasteiger charge is -2.30. The lowest BCUT2D eigenvalue weighted by molar-refractivity contribution is -0.468. The lowest BCUT2D eigenvalue weighted by Crippen LogP contribution is -2.66. The number of ketones is 1. The van der Waals surface area contributed by atoms with E-state index >= 15 is 0 Å². The highest BCUT2D eigenvalue weighted by molar-refractivity contribution is 5.81. The van der Waals surface area contributed by atoms with Gasteiger partial charge in [0.05, 0.1) is 13.2 Å². The molecule has 5 nitrogen and oxygen atoms in total. The minimum absolute atomic E-state index is 0.0792. The largest absolute Gasteiger partial charge is 0.508 e. The summed E-state index contributed by atoms with van der Waals surface area (Å²) in [6.07, 6.45) is 0.415. The van der Waals surface area contributed by atoms with Crippen LogP contribution in [0.3, 0.4) is 0 Å². The summed E-state index contributed by atoms with van der Waals surface area (Å²) < 4.78 is 11.8. The van der Waals surface area contributed by atoms with E-state index in [4.69, 9.17) is 15.0 Å². The van der Waals surface area contributed by atoms with Gasteiger partial charge in [-0.05, 0) is 11.1 Å². The number of benzene rings is 2. The zero-order chi connectivity index (χ0) is 17.7. The Bertz CT molecular complexity index is 722. The quantitative estimate of drug-likeness (QED) is 0.787. The van der Waals surface area contributed by atoms with E-state index in [0.717, 1.165) is 16.7 Å². The van der Waals surface area contributed by atoms with Crippen LogP contribution in [0.2, 0.25) is 0 Å². The Morgan fingerprint density at radius 1 is 1.08 bits per heavy atom. The first kappa shape index (κ1) is 17.5. The van der Waals surface area contributed by atoms with Crippen molar-refractivity contribution in [2.45, 2.75) is 19.1 Å². The molecule has 130 valence electrons. The Hall–Kier alpha value is -2.37. The molecule has 0 spiro atoms. The van der Waals surface area contributed by atoms with Gasteiger partial charge in [0.2, 0.25) is 0 Å². The van der Waals surface area contributed by atoms with Gasteiger partial charge in [0.15, 0.2) is 18.1 Å². The Morgan fingerprint density at radius 2 is 1.68 bits per heavy atom. The standard InChI is InChI=1S/C20H22N2O3/c1-15(19(23)14-22-21)13-20(24-11-12-25-20)18-9-7-17(8-10-18)16-5-3-2-4-6-16/h2-10,15,22H,11-14H2,1H3/t15-/m0/s1. The fourth-order valence-corrected chi connectivity index (χ4v) is 3.17. The summed E-state index contributed by atoms with van der Waals surface area (Å²) in [4.78, 5) is 12.0. The van der Waals surface area contributed by atoms with Gasteiger partial charge in [0, 0.05) is 17.9 Å². The maximum Gasteiger partial charge on any atom is 0.199 e. The van der Waals surface area contributed by atoms with E-state index in [1.807, 2.05) is 54.5 Å². The Labute approximate surface area is 147 Å². The molecule has 1 atom stereocenters. The molecule has 0 aliphatic carbocycles. The van der Waals surface area contributed by atoms with E-state index in [1.165, 1.54) is 0 Å². The van der Waals surface area contributed by atoms with Gasteiger partial charge < -0.3 is 20.1 Å². The number of hydrogen-bond donors (Lipinski definition) is 1. The van der Waals surface area contributed by atoms with Crippen LogP contribution >= 0.6 is 0 Å². The van der Waals surface area contributed by atoms with Gasteiger partial charge in [-0.3, -0.25) is 4.79 Å². The molecule has 0 unspecified atom stereocenters. The number of ether oxygens (including phenoxy) is 2. The summed E-state index contributed by atoms with van der Waals surface area (Å²) in [5.74, 6) is -1.28. The number of hydrogen-bond acceptors (Lipinski definition) is 3. The summed E-state index contributed by atoms with van der Waals surface area (Å²) in [6, 6.07) is 18.2. The van der Waals surface area contributed by atoms with Crippen molar-refractivity contribution in [1.29, 1.82) is 0 Å². The van der Waals surface area contributed by atoms with Crippen molar-refractivity contribution in [3.8, 4) is 11.1 Å². The van der Waals surface area contributed by atoms with Crippen LogP contribution in [-0.4, -0.2) is 25.5 Å². The maximum atomic E-state index is 12.0. The smallest absolute Gasteiger partial charge is 0.199 e. The van der Waals surface area contributed by atoms with E-state index in [-0.39, 0.29) is 18.2 Å². The zero-order valence-electron chi connectivity index (χ0n) is 14.3. The Morgan fingerprint density at radius 3 is 2.28 bits per heavy atom. The van der Waals surface area contributed by atoms with Crippen LogP contribution < -0.4 is 5.11 Å². The van der Waals surface area contributed by atoms with E-state index in [1.54, 1.807) is 0 Å². The Balaban J connectivity index is 1.83. The van der Waals surface area contributed by atoms with Crippen LogP contribution in [0, 0.1) is 5.92 Å². The van der Waals surface area contributed by atoms with E-state index in [0.29, 0.717) is 19.6 Å². The molecule has 2 aromatic rings. The maximum absolute atomic E-state index is 12.0. The van der Waals surface area contributed by atoms with Crippen molar-refractivity contribution in [2.75, 3.05) is 19.8 Å². The third-order valence-electron chi connectivity index (χ3n) is 4.56. The number of carbonyl (C=O) groups is 1. The van der Waals surface area contributed by atoms with Gasteiger partial charge in [0.1, 0.15) is 0 Å². The second-order valence-corrected chi connectivity index (χ2v) is 6.30. The molecule has 5 heteroatoms. The third kappa shape index (κ3) is 3.83. The molecule has 1 saturated heterocycles. The summed E-state index contributed by atoms with van der Waals surface area (Å²) in [5.41, 5.74) is 11.9. The van der Waals surface area contributed by atoms with Crippen LogP contribution in [0.15, 0.2) is 54.6 Å². The lowest BCUT2D eigenvalue weighted by atomic mass is 9.91. The molecule has 1 aliphatic heterocycles. The molecule has 25 heavy (non-hydrogen) atoms. The van der Waals surface area contributed by atoms with E-state index in [2.05, 4.69) is 12.1 Å². The zero-order valence-corrected chi connectivity index (χ0v) is 14.3. The number of carbonyl (C=O) groups excluding carboxylic acids is 1. The van der Waals surface area contributed by atoms with Gasteiger partial charge in [-0.1, -0.05) is 61.5 Å². The van der Waals surface area contributed by atoms with Gasteiger partial charge in [-0.25, -0.2) is 0 Å². The van der Waals surface area contributed by atoms with Gasteiger partial charge in [-0.2, -0.15) is 0 Å². The topological polar surface area (TPSA) is 71.8 Å². The predicted octanol–water partition coefficient (Wildman–Crippen LogP) is 2.25. The van der Waals surface area contributed by atoms with Crippen molar-refractivity contribution in [2.24, 2.45) is 5.92 Å². The molecule has 3 rings (SSSR count). The van der Waals surface area contributed by atoms with Gasteiger partial charge in [0.25, 0.3) is 0 Å². The van der Waals surface area contributed by atoms with Crippen molar-refractivity contribution in [1.82, 2.24) is 0 Å². The molecule has 0 bridgehead atoms. The SMILES string of the molecule is C[C@@H](CC1(c2ccc(-c3ccccc3)cc2)OCCO1)C(=O)C[NH+]=[N-]. The van der Waals surface area contributed by atoms with Crippen LogP contribution in [0.4, 0.5) is 0 Å².